The maximum Gasteiger partial charge on any atom is 0.0721 e. The minimum atomic E-state index is 0.325. The summed E-state index contributed by atoms with van der Waals surface area (Å²) in [6.07, 6.45) is 5.21. The summed E-state index contributed by atoms with van der Waals surface area (Å²) in [4.78, 5) is 0. The first-order valence-corrected chi connectivity index (χ1v) is 6.97. The van der Waals surface area contributed by atoms with Crippen LogP contribution in [0.5, 0.6) is 0 Å². The third-order valence-electron chi connectivity index (χ3n) is 2.80. The van der Waals surface area contributed by atoms with Gasteiger partial charge in [0, 0.05) is 12.3 Å². The summed E-state index contributed by atoms with van der Waals surface area (Å²) in [5.74, 6) is 4.47. The Morgan fingerprint density at radius 3 is 3.24 bits per heavy atom. The van der Waals surface area contributed by atoms with Crippen molar-refractivity contribution < 1.29 is 4.74 Å². The van der Waals surface area contributed by atoms with Crippen LogP contribution >= 0.6 is 11.8 Å². The van der Waals surface area contributed by atoms with E-state index < -0.39 is 0 Å². The minimum absolute atomic E-state index is 0.325. The van der Waals surface area contributed by atoms with Gasteiger partial charge < -0.3 is 10.1 Å². The predicted molar refractivity (Wildman–Crippen MR) is 73.0 cm³/mol. The monoisotopic (exact) mass is 247 g/mol. The summed E-state index contributed by atoms with van der Waals surface area (Å²) in [5, 5.41) is 3.52. The Kier molecular flexibility index (Phi) is 4.93. The maximum absolute atomic E-state index is 5.59. The molecule has 2 rings (SSSR count). The molecule has 1 atom stereocenters. The highest BCUT2D eigenvalue weighted by molar-refractivity contribution is 7.99. The zero-order valence-corrected chi connectivity index (χ0v) is 10.6. The van der Waals surface area contributed by atoms with Crippen LogP contribution < -0.4 is 5.32 Å². The fourth-order valence-corrected chi connectivity index (χ4v) is 2.51. The molecule has 1 aliphatic rings. The lowest BCUT2D eigenvalue weighted by Crippen LogP contribution is -2.31. The fourth-order valence-electron chi connectivity index (χ4n) is 1.99. The lowest BCUT2D eigenvalue weighted by Gasteiger charge is -2.26. The average molecular weight is 247 g/mol. The Balaban J connectivity index is 1.84. The van der Waals surface area contributed by atoms with E-state index in [1.807, 2.05) is 0 Å². The predicted octanol–water partition coefficient (Wildman–Crippen LogP) is 2.21. The van der Waals surface area contributed by atoms with Crippen LogP contribution in [-0.4, -0.2) is 24.7 Å². The van der Waals surface area contributed by atoms with Crippen molar-refractivity contribution in [3.63, 3.8) is 0 Å². The second-order valence-corrected chi connectivity index (χ2v) is 5.08. The topological polar surface area (TPSA) is 21.3 Å². The van der Waals surface area contributed by atoms with E-state index in [2.05, 4.69) is 35.5 Å². The van der Waals surface area contributed by atoms with E-state index in [-0.39, 0.29) is 0 Å². The van der Waals surface area contributed by atoms with E-state index in [9.17, 15) is 0 Å². The van der Waals surface area contributed by atoms with Crippen LogP contribution in [0, 0.1) is 12.3 Å². The van der Waals surface area contributed by atoms with E-state index in [0.717, 1.165) is 31.3 Å². The molecular formula is C14H17NOS. The molecule has 3 heteroatoms. The number of thioether (sulfide) groups is 1. The second kappa shape index (κ2) is 6.70. The molecule has 0 aromatic heterocycles. The van der Waals surface area contributed by atoms with Gasteiger partial charge in [0.15, 0.2) is 0 Å². The van der Waals surface area contributed by atoms with Crippen LogP contribution in [0.3, 0.4) is 0 Å². The molecule has 0 fully saturated rings. The fraction of sp³-hybridized carbons (Fsp3) is 0.429. The van der Waals surface area contributed by atoms with Crippen molar-refractivity contribution in [2.45, 2.75) is 12.6 Å². The average Bonchev–Trinajstić information content (AvgIpc) is 2.39. The van der Waals surface area contributed by atoms with Gasteiger partial charge in [0.25, 0.3) is 0 Å². The Labute approximate surface area is 107 Å². The molecule has 0 radical (unpaired) electrons. The maximum atomic E-state index is 5.59. The van der Waals surface area contributed by atoms with E-state index in [1.54, 1.807) is 11.8 Å². The summed E-state index contributed by atoms with van der Waals surface area (Å²) in [6, 6.07) is 8.80. The lowest BCUT2D eigenvalue weighted by atomic mass is 9.99. The molecule has 1 heterocycles. The van der Waals surface area contributed by atoms with Gasteiger partial charge in [0.05, 0.1) is 25.0 Å². The van der Waals surface area contributed by atoms with Gasteiger partial charge >= 0.3 is 0 Å². The van der Waals surface area contributed by atoms with Gasteiger partial charge in [-0.15, -0.1) is 18.2 Å². The van der Waals surface area contributed by atoms with Crippen molar-refractivity contribution in [1.29, 1.82) is 0 Å². The number of hydrogen-bond donors (Lipinski definition) is 1. The third kappa shape index (κ3) is 3.50. The van der Waals surface area contributed by atoms with Gasteiger partial charge in [-0.05, 0) is 11.1 Å². The third-order valence-corrected chi connectivity index (χ3v) is 3.66. The van der Waals surface area contributed by atoms with Crippen molar-refractivity contribution in [2.75, 3.05) is 24.7 Å². The van der Waals surface area contributed by atoms with Gasteiger partial charge in [-0.2, -0.15) is 0 Å². The van der Waals surface area contributed by atoms with Gasteiger partial charge in [0.2, 0.25) is 0 Å². The van der Waals surface area contributed by atoms with Gasteiger partial charge in [0.1, 0.15) is 0 Å². The largest absolute Gasteiger partial charge is 0.375 e. The number of nitrogens with one attached hydrogen (secondary N) is 1. The molecule has 0 saturated carbocycles. The number of fused-ring (bicyclic) bond motifs is 1. The standard InChI is InChI=1S/C14H17NOS/c1-2-8-17-9-7-15-14-11-16-10-12-5-3-4-6-13(12)14/h1,3-6,14-15H,7-11H2. The highest BCUT2D eigenvalue weighted by atomic mass is 32.2. The molecular weight excluding hydrogens is 230 g/mol. The van der Waals surface area contributed by atoms with Gasteiger partial charge in [-0.25, -0.2) is 0 Å². The van der Waals surface area contributed by atoms with Crippen LogP contribution in [0.15, 0.2) is 24.3 Å². The minimum Gasteiger partial charge on any atom is -0.375 e. The smallest absolute Gasteiger partial charge is 0.0721 e. The summed E-state index contributed by atoms with van der Waals surface area (Å²) < 4.78 is 5.59. The highest BCUT2D eigenvalue weighted by Crippen LogP contribution is 2.24. The van der Waals surface area contributed by atoms with Crippen LogP contribution in [0.1, 0.15) is 17.2 Å². The quantitative estimate of drug-likeness (QED) is 0.637. The van der Waals surface area contributed by atoms with E-state index in [4.69, 9.17) is 11.2 Å². The summed E-state index contributed by atoms with van der Waals surface area (Å²) in [6.45, 7) is 2.46. The molecule has 2 nitrogen and oxygen atoms in total. The summed E-state index contributed by atoms with van der Waals surface area (Å²) in [5.41, 5.74) is 2.67. The molecule has 1 aromatic rings. The molecule has 0 spiro atoms. The number of terminal acetylenes is 1. The molecule has 90 valence electrons. The molecule has 1 unspecified atom stereocenters. The first-order chi connectivity index (χ1) is 8.42. The van der Waals surface area contributed by atoms with Crippen molar-refractivity contribution in [2.24, 2.45) is 0 Å². The number of benzene rings is 1. The van der Waals surface area contributed by atoms with E-state index >= 15 is 0 Å². The first kappa shape index (κ1) is 12.5. The zero-order valence-electron chi connectivity index (χ0n) is 9.82. The van der Waals surface area contributed by atoms with Crippen molar-refractivity contribution in [1.82, 2.24) is 5.32 Å². The van der Waals surface area contributed by atoms with Crippen molar-refractivity contribution in [3.8, 4) is 12.3 Å². The van der Waals surface area contributed by atoms with Crippen LogP contribution in [0.2, 0.25) is 0 Å². The molecule has 0 saturated heterocycles. The molecule has 1 N–H and O–H groups in total. The molecule has 0 aliphatic carbocycles. The van der Waals surface area contributed by atoms with Crippen molar-refractivity contribution >= 4 is 11.8 Å². The highest BCUT2D eigenvalue weighted by Gasteiger charge is 2.19. The summed E-state index contributed by atoms with van der Waals surface area (Å²) >= 11 is 1.78. The van der Waals surface area contributed by atoms with Crippen LogP contribution in [0.4, 0.5) is 0 Å². The van der Waals surface area contributed by atoms with Crippen LogP contribution in [-0.2, 0) is 11.3 Å². The molecule has 1 aromatic carbocycles. The normalized spacial score (nSPS) is 18.4. The van der Waals surface area contributed by atoms with E-state index in [0.29, 0.717) is 6.04 Å². The Morgan fingerprint density at radius 2 is 2.35 bits per heavy atom. The lowest BCUT2D eigenvalue weighted by molar-refractivity contribution is 0.0828. The van der Waals surface area contributed by atoms with Gasteiger partial charge in [-0.1, -0.05) is 30.2 Å². The van der Waals surface area contributed by atoms with E-state index in [1.165, 1.54) is 11.1 Å². The SMILES string of the molecule is C#CCSCCNC1COCc2ccccc21. The molecule has 0 amide bonds. The zero-order chi connectivity index (χ0) is 11.9. The Morgan fingerprint density at radius 1 is 1.47 bits per heavy atom. The number of rotatable bonds is 5. The van der Waals surface area contributed by atoms with Gasteiger partial charge in [-0.3, -0.25) is 0 Å². The Bertz CT molecular complexity index is 399. The Hall–Kier alpha value is -0.950. The van der Waals surface area contributed by atoms with Crippen LogP contribution in [0.25, 0.3) is 0 Å². The summed E-state index contributed by atoms with van der Waals surface area (Å²) in [7, 11) is 0. The number of hydrogen-bond acceptors (Lipinski definition) is 3. The first-order valence-electron chi connectivity index (χ1n) is 5.82. The number of ether oxygens (including phenoxy) is 1. The molecule has 0 bridgehead atoms. The van der Waals surface area contributed by atoms with Crippen molar-refractivity contribution in [3.05, 3.63) is 35.4 Å². The molecule has 17 heavy (non-hydrogen) atoms. The molecule has 1 aliphatic heterocycles. The second-order valence-electron chi connectivity index (χ2n) is 3.98.